The molecule has 66 valence electrons. The van der Waals surface area contributed by atoms with E-state index < -0.39 is 0 Å². The zero-order chi connectivity index (χ0) is 9.10. The summed E-state index contributed by atoms with van der Waals surface area (Å²) in [5.74, 6) is 3.52. The molecule has 0 saturated heterocycles. The number of hydrogen-bond donors (Lipinski definition) is 0. The molecule has 1 aromatic carbocycles. The summed E-state index contributed by atoms with van der Waals surface area (Å²) in [6.45, 7) is 0. The summed E-state index contributed by atoms with van der Waals surface area (Å²) in [6, 6.07) is 8.70. The molecule has 1 aliphatic rings. The lowest BCUT2D eigenvalue weighted by Crippen LogP contribution is -1.87. The average Bonchev–Trinajstić information content (AvgIpc) is 2.58. The second-order valence-electron chi connectivity index (χ2n) is 3.24. The van der Waals surface area contributed by atoms with Crippen LogP contribution in [-0.4, -0.2) is 5.75 Å². The maximum absolute atomic E-state index is 5.26. The standard InChI is InChI=1S/C12H12S/c1-2-9-13-12-8-7-10-5-3-4-6-11(10)12/h1,3-6,12H,7-9H2. The number of rotatable bonds is 2. The van der Waals surface area contributed by atoms with Gasteiger partial charge in [-0.25, -0.2) is 0 Å². The Balaban J connectivity index is 2.15. The third-order valence-electron chi connectivity index (χ3n) is 2.45. The monoisotopic (exact) mass is 188 g/mol. The van der Waals surface area contributed by atoms with Crippen LogP contribution in [0.25, 0.3) is 0 Å². The zero-order valence-electron chi connectivity index (χ0n) is 7.49. The first kappa shape index (κ1) is 8.72. The summed E-state index contributed by atoms with van der Waals surface area (Å²) in [4.78, 5) is 0. The van der Waals surface area contributed by atoms with Crippen molar-refractivity contribution in [2.75, 3.05) is 5.75 Å². The Labute approximate surface area is 83.7 Å². The Bertz CT molecular complexity index is 335. The Morgan fingerprint density at radius 3 is 3.15 bits per heavy atom. The van der Waals surface area contributed by atoms with Crippen molar-refractivity contribution in [1.82, 2.24) is 0 Å². The maximum Gasteiger partial charge on any atom is 0.0550 e. The third-order valence-corrected chi connectivity index (χ3v) is 3.67. The molecule has 1 unspecified atom stereocenters. The van der Waals surface area contributed by atoms with Crippen molar-refractivity contribution in [3.8, 4) is 12.3 Å². The van der Waals surface area contributed by atoms with Crippen LogP contribution in [0, 0.1) is 12.3 Å². The van der Waals surface area contributed by atoms with Gasteiger partial charge in [-0.15, -0.1) is 18.2 Å². The summed E-state index contributed by atoms with van der Waals surface area (Å²) in [5.41, 5.74) is 3.01. The minimum atomic E-state index is 0.646. The number of fused-ring (bicyclic) bond motifs is 1. The molecule has 1 atom stereocenters. The third kappa shape index (κ3) is 1.73. The highest BCUT2D eigenvalue weighted by Crippen LogP contribution is 2.40. The molecule has 0 fully saturated rings. The Morgan fingerprint density at radius 2 is 2.31 bits per heavy atom. The Kier molecular flexibility index (Phi) is 2.61. The second-order valence-corrected chi connectivity index (χ2v) is 4.43. The molecule has 2 rings (SSSR count). The summed E-state index contributed by atoms with van der Waals surface area (Å²) >= 11 is 1.89. The van der Waals surface area contributed by atoms with Crippen molar-refractivity contribution in [2.24, 2.45) is 0 Å². The molecular weight excluding hydrogens is 176 g/mol. The summed E-state index contributed by atoms with van der Waals surface area (Å²) in [6.07, 6.45) is 7.73. The van der Waals surface area contributed by atoms with Gasteiger partial charge in [0.05, 0.1) is 5.75 Å². The van der Waals surface area contributed by atoms with Crippen molar-refractivity contribution in [3.63, 3.8) is 0 Å². The normalized spacial score (nSPS) is 19.5. The van der Waals surface area contributed by atoms with Crippen LogP contribution in [0.3, 0.4) is 0 Å². The summed E-state index contributed by atoms with van der Waals surface area (Å²) < 4.78 is 0. The lowest BCUT2D eigenvalue weighted by molar-refractivity contribution is 0.892. The molecule has 0 spiro atoms. The van der Waals surface area contributed by atoms with E-state index in [4.69, 9.17) is 6.42 Å². The van der Waals surface area contributed by atoms with E-state index in [2.05, 4.69) is 30.2 Å². The van der Waals surface area contributed by atoms with Gasteiger partial charge in [0.2, 0.25) is 0 Å². The van der Waals surface area contributed by atoms with Gasteiger partial charge in [-0.3, -0.25) is 0 Å². The highest BCUT2D eigenvalue weighted by molar-refractivity contribution is 7.99. The lowest BCUT2D eigenvalue weighted by atomic mass is 10.1. The molecule has 0 saturated carbocycles. The van der Waals surface area contributed by atoms with Gasteiger partial charge in [0.25, 0.3) is 0 Å². The minimum absolute atomic E-state index is 0.646. The fraction of sp³-hybridized carbons (Fsp3) is 0.333. The molecule has 0 heterocycles. The summed E-state index contributed by atoms with van der Waals surface area (Å²) in [5, 5.41) is 0.646. The first-order valence-corrected chi connectivity index (χ1v) is 5.59. The van der Waals surface area contributed by atoms with E-state index >= 15 is 0 Å². The van der Waals surface area contributed by atoms with Crippen LogP contribution in [0.5, 0.6) is 0 Å². The maximum atomic E-state index is 5.26. The molecule has 0 aliphatic heterocycles. The highest BCUT2D eigenvalue weighted by atomic mass is 32.2. The SMILES string of the molecule is C#CCSC1CCc2ccccc21. The predicted octanol–water partition coefficient (Wildman–Crippen LogP) is 3.04. The Morgan fingerprint density at radius 1 is 1.46 bits per heavy atom. The van der Waals surface area contributed by atoms with Crippen LogP contribution in [0.4, 0.5) is 0 Å². The van der Waals surface area contributed by atoms with Gasteiger partial charge in [-0.2, -0.15) is 0 Å². The van der Waals surface area contributed by atoms with Crippen LogP contribution in [-0.2, 0) is 6.42 Å². The van der Waals surface area contributed by atoms with E-state index in [1.165, 1.54) is 24.0 Å². The fourth-order valence-corrected chi connectivity index (χ4v) is 2.83. The van der Waals surface area contributed by atoms with E-state index in [0.717, 1.165) is 5.75 Å². The van der Waals surface area contributed by atoms with Crippen molar-refractivity contribution in [1.29, 1.82) is 0 Å². The van der Waals surface area contributed by atoms with Crippen molar-refractivity contribution in [3.05, 3.63) is 35.4 Å². The fourth-order valence-electron chi connectivity index (χ4n) is 1.84. The van der Waals surface area contributed by atoms with E-state index in [0.29, 0.717) is 5.25 Å². The van der Waals surface area contributed by atoms with Gasteiger partial charge in [-0.1, -0.05) is 30.2 Å². The van der Waals surface area contributed by atoms with Gasteiger partial charge >= 0.3 is 0 Å². The highest BCUT2D eigenvalue weighted by Gasteiger charge is 2.21. The van der Waals surface area contributed by atoms with Crippen LogP contribution in [0.15, 0.2) is 24.3 Å². The number of terminal acetylenes is 1. The van der Waals surface area contributed by atoms with E-state index in [9.17, 15) is 0 Å². The van der Waals surface area contributed by atoms with Gasteiger partial charge in [0, 0.05) is 5.25 Å². The quantitative estimate of drug-likeness (QED) is 0.643. The van der Waals surface area contributed by atoms with Crippen molar-refractivity contribution >= 4 is 11.8 Å². The molecule has 1 heteroatoms. The first-order valence-electron chi connectivity index (χ1n) is 4.54. The average molecular weight is 188 g/mol. The number of hydrogen-bond acceptors (Lipinski definition) is 1. The smallest absolute Gasteiger partial charge is 0.0550 e. The van der Waals surface area contributed by atoms with E-state index in [1.807, 2.05) is 11.8 Å². The molecule has 0 bridgehead atoms. The predicted molar refractivity (Wildman–Crippen MR) is 58.8 cm³/mol. The number of aryl methyl sites for hydroxylation is 1. The molecule has 0 amide bonds. The van der Waals surface area contributed by atoms with Gasteiger partial charge in [-0.05, 0) is 24.0 Å². The van der Waals surface area contributed by atoms with Crippen LogP contribution >= 0.6 is 11.8 Å². The topological polar surface area (TPSA) is 0 Å². The lowest BCUT2D eigenvalue weighted by Gasteiger charge is -2.08. The van der Waals surface area contributed by atoms with Gasteiger partial charge in [0.15, 0.2) is 0 Å². The summed E-state index contributed by atoms with van der Waals surface area (Å²) in [7, 11) is 0. The van der Waals surface area contributed by atoms with Crippen LogP contribution in [0.1, 0.15) is 22.8 Å². The second kappa shape index (κ2) is 3.89. The zero-order valence-corrected chi connectivity index (χ0v) is 8.31. The van der Waals surface area contributed by atoms with Crippen molar-refractivity contribution in [2.45, 2.75) is 18.1 Å². The van der Waals surface area contributed by atoms with Gasteiger partial charge < -0.3 is 0 Å². The first-order chi connectivity index (χ1) is 6.42. The molecule has 13 heavy (non-hydrogen) atoms. The van der Waals surface area contributed by atoms with E-state index in [1.54, 1.807) is 0 Å². The molecule has 0 nitrogen and oxygen atoms in total. The number of benzene rings is 1. The molecule has 0 N–H and O–H groups in total. The molecular formula is C12H12S. The minimum Gasteiger partial charge on any atom is -0.141 e. The van der Waals surface area contributed by atoms with Crippen molar-refractivity contribution < 1.29 is 0 Å². The largest absolute Gasteiger partial charge is 0.141 e. The van der Waals surface area contributed by atoms with Crippen LogP contribution in [0.2, 0.25) is 0 Å². The molecule has 0 radical (unpaired) electrons. The van der Waals surface area contributed by atoms with E-state index in [-0.39, 0.29) is 0 Å². The Hall–Kier alpha value is -0.870. The molecule has 1 aromatic rings. The molecule has 0 aromatic heterocycles. The van der Waals surface area contributed by atoms with Gasteiger partial charge in [0.1, 0.15) is 0 Å². The number of thioether (sulfide) groups is 1. The van der Waals surface area contributed by atoms with Crippen LogP contribution < -0.4 is 0 Å². The molecule has 1 aliphatic carbocycles.